The molecule has 2 fully saturated rings. The van der Waals surface area contributed by atoms with Crippen molar-refractivity contribution in [3.8, 4) is 0 Å². The van der Waals surface area contributed by atoms with Crippen molar-refractivity contribution in [2.75, 3.05) is 37.8 Å². The number of carbonyl (C=O) groups is 4. The quantitative estimate of drug-likeness (QED) is 0.200. The Morgan fingerprint density at radius 2 is 1.00 bits per heavy atom. The van der Waals surface area contributed by atoms with Gasteiger partial charge in [-0.1, -0.05) is 60.1 Å². The van der Waals surface area contributed by atoms with Crippen LogP contribution in [0.3, 0.4) is 0 Å². The van der Waals surface area contributed by atoms with Crippen LogP contribution in [0.15, 0.2) is 0 Å². The van der Waals surface area contributed by atoms with E-state index in [9.17, 15) is 19.2 Å². The van der Waals surface area contributed by atoms with Crippen LogP contribution in [-0.2, 0) is 19.1 Å². The highest BCUT2D eigenvalue weighted by Gasteiger charge is 2.34. The van der Waals surface area contributed by atoms with E-state index in [4.69, 9.17) is 9.47 Å². The SMILES string of the molecule is CC(=O)CC1(CNC(=O)OCCSSCCOC(=O)NCC2(CC(C)=O)CCCCC2)CCCCC1. The van der Waals surface area contributed by atoms with Gasteiger partial charge in [0.05, 0.1) is 0 Å². The van der Waals surface area contributed by atoms with Crippen molar-refractivity contribution in [2.24, 2.45) is 10.8 Å². The van der Waals surface area contributed by atoms with E-state index < -0.39 is 12.2 Å². The summed E-state index contributed by atoms with van der Waals surface area (Å²) in [6.07, 6.45) is 10.8. The lowest BCUT2D eigenvalue weighted by Gasteiger charge is -2.36. The first-order valence-corrected chi connectivity index (χ1v) is 15.8. The van der Waals surface area contributed by atoms with Crippen molar-refractivity contribution < 1.29 is 28.7 Å². The van der Waals surface area contributed by atoms with Gasteiger partial charge in [0.2, 0.25) is 0 Å². The van der Waals surface area contributed by atoms with Crippen LogP contribution in [0.2, 0.25) is 0 Å². The van der Waals surface area contributed by atoms with E-state index in [-0.39, 0.29) is 22.4 Å². The topological polar surface area (TPSA) is 111 Å². The van der Waals surface area contributed by atoms with E-state index in [0.717, 1.165) is 51.4 Å². The van der Waals surface area contributed by atoms with Crippen LogP contribution in [0.1, 0.15) is 90.9 Å². The van der Waals surface area contributed by atoms with Gasteiger partial charge in [0.15, 0.2) is 0 Å². The van der Waals surface area contributed by atoms with Gasteiger partial charge < -0.3 is 29.7 Å². The molecule has 2 rings (SSSR count). The molecular weight excluding hydrogens is 500 g/mol. The fraction of sp³-hybridized carbons (Fsp3) is 0.846. The standard InChI is InChI=1S/C26H44N2O6S2/c1-21(29)17-25(9-5-3-6-10-25)19-27-23(31)33-13-15-35-36-16-14-34-24(32)28-20-26(18-22(2)30)11-7-4-8-12-26/h3-20H2,1-2H3,(H,27,31)(H,28,32). The molecule has 0 aromatic carbocycles. The average molecular weight is 545 g/mol. The summed E-state index contributed by atoms with van der Waals surface area (Å²) in [5, 5.41) is 5.72. The monoisotopic (exact) mass is 544 g/mol. The lowest BCUT2D eigenvalue weighted by molar-refractivity contribution is -0.120. The summed E-state index contributed by atoms with van der Waals surface area (Å²) in [6.45, 7) is 4.80. The number of amides is 2. The van der Waals surface area contributed by atoms with Crippen LogP contribution in [0.5, 0.6) is 0 Å². The third-order valence-corrected chi connectivity index (χ3v) is 9.51. The predicted octanol–water partition coefficient (Wildman–Crippen LogP) is 5.68. The molecule has 0 aromatic heterocycles. The maximum atomic E-state index is 12.1. The molecule has 2 aliphatic carbocycles. The first-order chi connectivity index (χ1) is 17.2. The molecule has 0 spiro atoms. The Morgan fingerprint density at radius 1 is 0.639 bits per heavy atom. The zero-order valence-corrected chi connectivity index (χ0v) is 23.6. The van der Waals surface area contributed by atoms with Gasteiger partial charge >= 0.3 is 12.2 Å². The smallest absolute Gasteiger partial charge is 0.407 e. The molecular formula is C26H44N2O6S2. The number of hydrogen-bond donors (Lipinski definition) is 2. The van der Waals surface area contributed by atoms with Gasteiger partial charge in [0.1, 0.15) is 24.8 Å². The van der Waals surface area contributed by atoms with E-state index in [0.29, 0.717) is 50.7 Å². The molecule has 0 unspecified atom stereocenters. The minimum Gasteiger partial charge on any atom is -0.449 e. The largest absolute Gasteiger partial charge is 0.449 e. The number of nitrogens with one attached hydrogen (secondary N) is 2. The zero-order chi connectivity index (χ0) is 26.3. The Labute approximate surface area is 223 Å². The molecule has 8 nitrogen and oxygen atoms in total. The van der Waals surface area contributed by atoms with Gasteiger partial charge in [0, 0.05) is 37.4 Å². The van der Waals surface area contributed by atoms with Crippen molar-refractivity contribution in [2.45, 2.75) is 90.9 Å². The first kappa shape index (κ1) is 30.8. The normalized spacial score (nSPS) is 18.6. The summed E-state index contributed by atoms with van der Waals surface area (Å²) in [5.74, 6) is 1.61. The molecule has 10 heteroatoms. The van der Waals surface area contributed by atoms with Crippen LogP contribution in [-0.4, -0.2) is 61.6 Å². The molecule has 2 amide bonds. The van der Waals surface area contributed by atoms with Crippen LogP contribution < -0.4 is 10.6 Å². The summed E-state index contributed by atoms with van der Waals surface area (Å²) in [6, 6.07) is 0. The molecule has 2 aliphatic rings. The Kier molecular flexibility index (Phi) is 14.1. The lowest BCUT2D eigenvalue weighted by Crippen LogP contribution is -2.40. The number of alkyl carbamates (subject to hydrolysis) is 2. The maximum Gasteiger partial charge on any atom is 0.407 e. The highest BCUT2D eigenvalue weighted by molar-refractivity contribution is 8.76. The van der Waals surface area contributed by atoms with Gasteiger partial charge in [-0.25, -0.2) is 9.59 Å². The van der Waals surface area contributed by atoms with Gasteiger partial charge in [-0.05, 0) is 50.4 Å². The van der Waals surface area contributed by atoms with Crippen molar-refractivity contribution in [1.82, 2.24) is 10.6 Å². The summed E-state index contributed by atoms with van der Waals surface area (Å²) in [5.41, 5.74) is -0.241. The maximum absolute atomic E-state index is 12.1. The lowest BCUT2D eigenvalue weighted by atomic mass is 9.71. The van der Waals surface area contributed by atoms with Gasteiger partial charge in [-0.2, -0.15) is 0 Å². The van der Waals surface area contributed by atoms with E-state index in [2.05, 4.69) is 10.6 Å². The highest BCUT2D eigenvalue weighted by Crippen LogP contribution is 2.40. The van der Waals surface area contributed by atoms with Crippen LogP contribution in [0.4, 0.5) is 9.59 Å². The van der Waals surface area contributed by atoms with Gasteiger partial charge in [0.25, 0.3) is 0 Å². The van der Waals surface area contributed by atoms with Gasteiger partial charge in [-0.3, -0.25) is 0 Å². The summed E-state index contributed by atoms with van der Waals surface area (Å²) >= 11 is 0. The number of carbonyl (C=O) groups excluding carboxylic acids is 4. The predicted molar refractivity (Wildman–Crippen MR) is 145 cm³/mol. The number of Topliss-reactive ketones (excluding diaryl/α,β-unsaturated/α-hetero) is 2. The molecule has 0 radical (unpaired) electrons. The minimum absolute atomic E-state index is 0.121. The number of hydrogen-bond acceptors (Lipinski definition) is 8. The van der Waals surface area contributed by atoms with Crippen LogP contribution in [0.25, 0.3) is 0 Å². The number of ketones is 2. The number of rotatable bonds is 15. The van der Waals surface area contributed by atoms with Crippen LogP contribution in [0, 0.1) is 10.8 Å². The fourth-order valence-corrected chi connectivity index (χ4v) is 7.22. The molecule has 0 atom stereocenters. The Bertz CT molecular complexity index is 661. The molecule has 0 saturated heterocycles. The van der Waals surface area contributed by atoms with Crippen molar-refractivity contribution >= 4 is 45.3 Å². The van der Waals surface area contributed by atoms with E-state index in [1.807, 2.05) is 0 Å². The number of ether oxygens (including phenoxy) is 2. The summed E-state index contributed by atoms with van der Waals surface area (Å²) in [4.78, 5) is 47.5. The van der Waals surface area contributed by atoms with Crippen LogP contribution >= 0.6 is 21.6 Å². The Hall–Kier alpha value is -1.42. The third kappa shape index (κ3) is 12.2. The Morgan fingerprint density at radius 3 is 1.33 bits per heavy atom. The first-order valence-electron chi connectivity index (χ1n) is 13.3. The van der Waals surface area contributed by atoms with Crippen molar-refractivity contribution in [1.29, 1.82) is 0 Å². The molecule has 206 valence electrons. The molecule has 2 saturated carbocycles. The molecule has 0 bridgehead atoms. The van der Waals surface area contributed by atoms with Gasteiger partial charge in [-0.15, -0.1) is 0 Å². The second-order valence-electron chi connectivity index (χ2n) is 10.5. The zero-order valence-electron chi connectivity index (χ0n) is 22.0. The molecule has 0 heterocycles. The van der Waals surface area contributed by atoms with Crippen molar-refractivity contribution in [3.05, 3.63) is 0 Å². The van der Waals surface area contributed by atoms with E-state index >= 15 is 0 Å². The minimum atomic E-state index is -0.436. The fourth-order valence-electron chi connectivity index (χ4n) is 5.57. The van der Waals surface area contributed by atoms with E-state index in [1.165, 1.54) is 12.8 Å². The molecule has 0 aliphatic heterocycles. The summed E-state index contributed by atoms with van der Waals surface area (Å²) in [7, 11) is 3.12. The van der Waals surface area contributed by atoms with Crippen molar-refractivity contribution in [3.63, 3.8) is 0 Å². The second-order valence-corrected chi connectivity index (χ2v) is 13.2. The average Bonchev–Trinajstić information content (AvgIpc) is 2.83. The second kappa shape index (κ2) is 16.4. The summed E-state index contributed by atoms with van der Waals surface area (Å²) < 4.78 is 10.5. The third-order valence-electron chi connectivity index (χ3n) is 7.17. The molecule has 36 heavy (non-hydrogen) atoms. The Balaban J connectivity index is 1.50. The highest BCUT2D eigenvalue weighted by atomic mass is 33.1. The molecule has 2 N–H and O–H groups in total. The van der Waals surface area contributed by atoms with E-state index in [1.54, 1.807) is 35.4 Å². The molecule has 0 aromatic rings.